The van der Waals surface area contributed by atoms with Gasteiger partial charge in [-0.25, -0.2) is 0 Å². The Morgan fingerprint density at radius 3 is 3.00 bits per heavy atom. The summed E-state index contributed by atoms with van der Waals surface area (Å²) in [4.78, 5) is 16.1. The highest BCUT2D eigenvalue weighted by atomic mass is 16.3. The molecule has 2 rings (SSSR count). The fourth-order valence-electron chi connectivity index (χ4n) is 1.93. The number of nitrogens with zero attached hydrogens (tertiary/aromatic N) is 1. The molecule has 0 unspecified atom stereocenters. The first-order valence-electron chi connectivity index (χ1n) is 7.30. The van der Waals surface area contributed by atoms with Gasteiger partial charge in [-0.05, 0) is 30.7 Å². The van der Waals surface area contributed by atoms with Gasteiger partial charge in [-0.1, -0.05) is 19.8 Å². The monoisotopic (exact) mass is 287 g/mol. The zero-order chi connectivity index (χ0) is 14.9. The molecule has 2 N–H and O–H groups in total. The van der Waals surface area contributed by atoms with Crippen LogP contribution in [0.5, 0.6) is 0 Å². The number of furan rings is 1. The summed E-state index contributed by atoms with van der Waals surface area (Å²) in [5.41, 5.74) is 1.27. The van der Waals surface area contributed by atoms with E-state index in [9.17, 15) is 4.79 Å². The summed E-state index contributed by atoms with van der Waals surface area (Å²) < 4.78 is 5.25. The molecule has 5 nitrogen and oxygen atoms in total. The van der Waals surface area contributed by atoms with Crippen LogP contribution in [0.2, 0.25) is 0 Å². The van der Waals surface area contributed by atoms with Gasteiger partial charge in [0.05, 0.1) is 12.8 Å². The van der Waals surface area contributed by atoms with Gasteiger partial charge >= 0.3 is 0 Å². The van der Waals surface area contributed by atoms with Crippen molar-refractivity contribution in [3.8, 4) is 0 Å². The van der Waals surface area contributed by atoms with Gasteiger partial charge in [0.15, 0.2) is 0 Å². The molecule has 2 aromatic heterocycles. The Balaban J connectivity index is 1.86. The number of amides is 1. The highest BCUT2D eigenvalue weighted by Gasteiger charge is 2.07. The Bertz CT molecular complexity index is 552. The van der Waals surface area contributed by atoms with Gasteiger partial charge in [0.25, 0.3) is 5.91 Å². The maximum atomic E-state index is 12.0. The van der Waals surface area contributed by atoms with Crippen LogP contribution in [0.25, 0.3) is 0 Å². The average molecular weight is 287 g/mol. The molecule has 0 aromatic carbocycles. The van der Waals surface area contributed by atoms with E-state index in [-0.39, 0.29) is 5.91 Å². The Hall–Kier alpha value is -2.30. The van der Waals surface area contributed by atoms with E-state index in [1.165, 1.54) is 0 Å². The third-order valence-electron chi connectivity index (χ3n) is 3.11. The van der Waals surface area contributed by atoms with Crippen LogP contribution in [0.4, 0.5) is 5.69 Å². The molecular formula is C16H21N3O2. The number of carbonyl (C=O) groups excluding carboxylic acids is 1. The number of aromatic nitrogens is 1. The van der Waals surface area contributed by atoms with Gasteiger partial charge in [-0.15, -0.1) is 0 Å². The van der Waals surface area contributed by atoms with Crippen LogP contribution in [-0.2, 0) is 6.54 Å². The summed E-state index contributed by atoms with van der Waals surface area (Å²) in [6.45, 7) is 3.41. The molecule has 1 amide bonds. The van der Waals surface area contributed by atoms with Crippen molar-refractivity contribution in [1.29, 1.82) is 0 Å². The van der Waals surface area contributed by atoms with Crippen LogP contribution in [0.15, 0.2) is 41.1 Å². The van der Waals surface area contributed by atoms with Gasteiger partial charge in [0.1, 0.15) is 11.5 Å². The lowest BCUT2D eigenvalue weighted by Gasteiger charge is -2.07. The number of unbranched alkanes of at least 4 members (excludes halogenated alkanes) is 2. The number of nitrogens with one attached hydrogen (secondary N) is 2. The molecule has 0 saturated heterocycles. The zero-order valence-electron chi connectivity index (χ0n) is 12.3. The van der Waals surface area contributed by atoms with Crippen LogP contribution in [0.1, 0.15) is 42.4 Å². The van der Waals surface area contributed by atoms with Crippen molar-refractivity contribution in [3.63, 3.8) is 0 Å². The quantitative estimate of drug-likeness (QED) is 0.732. The van der Waals surface area contributed by atoms with Crippen LogP contribution >= 0.6 is 0 Å². The number of anilines is 1. The second-order valence-corrected chi connectivity index (χ2v) is 4.83. The van der Waals surface area contributed by atoms with E-state index in [4.69, 9.17) is 4.42 Å². The Labute approximate surface area is 124 Å². The van der Waals surface area contributed by atoms with Crippen molar-refractivity contribution in [1.82, 2.24) is 10.3 Å². The molecule has 5 heteroatoms. The summed E-state index contributed by atoms with van der Waals surface area (Å²) in [6, 6.07) is 7.32. The lowest BCUT2D eigenvalue weighted by Crippen LogP contribution is -2.25. The summed E-state index contributed by atoms with van der Waals surface area (Å²) in [5, 5.41) is 6.09. The summed E-state index contributed by atoms with van der Waals surface area (Å²) >= 11 is 0. The topological polar surface area (TPSA) is 67.2 Å². The van der Waals surface area contributed by atoms with E-state index >= 15 is 0 Å². The SMILES string of the molecule is CCCCCNC(=O)c1cc(NCc2ccco2)ccn1. The van der Waals surface area contributed by atoms with Crippen molar-refractivity contribution in [2.75, 3.05) is 11.9 Å². The normalized spacial score (nSPS) is 10.3. The first-order chi connectivity index (χ1) is 10.3. The molecule has 2 heterocycles. The third-order valence-corrected chi connectivity index (χ3v) is 3.11. The summed E-state index contributed by atoms with van der Waals surface area (Å²) in [7, 11) is 0. The molecule has 0 bridgehead atoms. The minimum Gasteiger partial charge on any atom is -0.467 e. The third kappa shape index (κ3) is 4.95. The van der Waals surface area contributed by atoms with Gasteiger partial charge in [0, 0.05) is 18.4 Å². The maximum Gasteiger partial charge on any atom is 0.269 e. The lowest BCUT2D eigenvalue weighted by atomic mass is 10.2. The van der Waals surface area contributed by atoms with E-state index in [2.05, 4.69) is 22.5 Å². The van der Waals surface area contributed by atoms with Crippen molar-refractivity contribution in [2.24, 2.45) is 0 Å². The minimum absolute atomic E-state index is 0.132. The molecule has 0 atom stereocenters. The van der Waals surface area contributed by atoms with Crippen LogP contribution in [0.3, 0.4) is 0 Å². The molecule has 0 saturated carbocycles. The van der Waals surface area contributed by atoms with E-state index in [1.807, 2.05) is 18.2 Å². The van der Waals surface area contributed by atoms with Gasteiger partial charge < -0.3 is 15.1 Å². The van der Waals surface area contributed by atoms with Crippen LogP contribution in [-0.4, -0.2) is 17.4 Å². The van der Waals surface area contributed by atoms with Crippen molar-refractivity contribution in [2.45, 2.75) is 32.7 Å². The molecule has 0 spiro atoms. The van der Waals surface area contributed by atoms with Gasteiger partial charge in [-0.2, -0.15) is 0 Å². The molecule has 21 heavy (non-hydrogen) atoms. The summed E-state index contributed by atoms with van der Waals surface area (Å²) in [5.74, 6) is 0.713. The molecule has 0 aliphatic rings. The highest BCUT2D eigenvalue weighted by molar-refractivity contribution is 5.93. The molecule has 2 aromatic rings. The van der Waals surface area contributed by atoms with Crippen molar-refractivity contribution < 1.29 is 9.21 Å². The first-order valence-corrected chi connectivity index (χ1v) is 7.30. The molecular weight excluding hydrogens is 266 g/mol. The minimum atomic E-state index is -0.132. The number of hydrogen-bond acceptors (Lipinski definition) is 4. The van der Waals surface area contributed by atoms with Crippen LogP contribution < -0.4 is 10.6 Å². The van der Waals surface area contributed by atoms with E-state index in [1.54, 1.807) is 18.5 Å². The number of pyridine rings is 1. The number of hydrogen-bond donors (Lipinski definition) is 2. The van der Waals surface area contributed by atoms with Crippen molar-refractivity contribution >= 4 is 11.6 Å². The Morgan fingerprint density at radius 2 is 2.24 bits per heavy atom. The number of rotatable bonds is 8. The van der Waals surface area contributed by atoms with E-state index in [0.29, 0.717) is 18.8 Å². The van der Waals surface area contributed by atoms with Gasteiger partial charge in [0.2, 0.25) is 0 Å². The zero-order valence-corrected chi connectivity index (χ0v) is 12.3. The largest absolute Gasteiger partial charge is 0.467 e. The predicted octanol–water partition coefficient (Wildman–Crippen LogP) is 3.21. The fraction of sp³-hybridized carbons (Fsp3) is 0.375. The smallest absolute Gasteiger partial charge is 0.269 e. The second kappa shape index (κ2) is 8.09. The number of carbonyl (C=O) groups is 1. The highest BCUT2D eigenvalue weighted by Crippen LogP contribution is 2.10. The van der Waals surface area contributed by atoms with Gasteiger partial charge in [-0.3, -0.25) is 9.78 Å². The Morgan fingerprint density at radius 1 is 1.33 bits per heavy atom. The molecule has 112 valence electrons. The average Bonchev–Trinajstić information content (AvgIpc) is 3.03. The maximum absolute atomic E-state index is 12.0. The standard InChI is InChI=1S/C16H21N3O2/c1-2-3-4-8-18-16(20)15-11-13(7-9-17-15)19-12-14-6-5-10-21-14/h5-7,9-11H,2-4,8,12H2,1H3,(H,17,19)(H,18,20). The molecule has 0 aliphatic heterocycles. The van der Waals surface area contributed by atoms with Crippen LogP contribution in [0, 0.1) is 0 Å². The summed E-state index contributed by atoms with van der Waals surface area (Å²) in [6.07, 6.45) is 6.53. The second-order valence-electron chi connectivity index (χ2n) is 4.83. The Kier molecular flexibility index (Phi) is 5.82. The fourth-order valence-corrected chi connectivity index (χ4v) is 1.93. The van der Waals surface area contributed by atoms with E-state index < -0.39 is 0 Å². The predicted molar refractivity (Wildman–Crippen MR) is 82.1 cm³/mol. The lowest BCUT2D eigenvalue weighted by molar-refractivity contribution is 0.0948. The van der Waals surface area contributed by atoms with Crippen molar-refractivity contribution in [3.05, 3.63) is 48.2 Å². The van der Waals surface area contributed by atoms with E-state index in [0.717, 1.165) is 30.7 Å². The molecule has 0 fully saturated rings. The molecule has 0 radical (unpaired) electrons. The first kappa shape index (κ1) is 15.1. The molecule has 0 aliphatic carbocycles.